The van der Waals surface area contributed by atoms with Gasteiger partial charge in [-0.3, -0.25) is 0 Å². The number of carbonyl (C=O) groups excluding carboxylic acids is 1. The summed E-state index contributed by atoms with van der Waals surface area (Å²) < 4.78 is 46.8. The maximum atomic E-state index is 14.0. The van der Waals surface area contributed by atoms with Crippen LogP contribution in [0.25, 0.3) is 22.4 Å². The van der Waals surface area contributed by atoms with Gasteiger partial charge >= 0.3 is 12.1 Å². The summed E-state index contributed by atoms with van der Waals surface area (Å²) in [6, 6.07) is 18.9. The van der Waals surface area contributed by atoms with Crippen LogP contribution < -0.4 is 5.73 Å². The van der Waals surface area contributed by atoms with Crippen LogP contribution in [-0.2, 0) is 15.1 Å². The maximum absolute atomic E-state index is 14.0. The number of aromatic nitrogens is 1. The molecule has 4 nitrogen and oxygen atoms in total. The lowest BCUT2D eigenvalue weighted by molar-refractivity contribution is -0.209. The van der Waals surface area contributed by atoms with Crippen LogP contribution in [0.1, 0.15) is 12.6 Å². The van der Waals surface area contributed by atoms with Gasteiger partial charge in [0.1, 0.15) is 0 Å². The fourth-order valence-corrected chi connectivity index (χ4v) is 2.99. The third-order valence-electron chi connectivity index (χ3n) is 4.43. The third-order valence-corrected chi connectivity index (χ3v) is 4.43. The molecular formula is C21H19F3N2O2. The van der Waals surface area contributed by atoms with E-state index >= 15 is 0 Å². The van der Waals surface area contributed by atoms with E-state index in [2.05, 4.69) is 9.72 Å². The highest BCUT2D eigenvalue weighted by Gasteiger charge is 2.62. The molecule has 0 unspecified atom stereocenters. The Balaban J connectivity index is 2.28. The zero-order chi connectivity index (χ0) is 20.4. The fourth-order valence-electron chi connectivity index (χ4n) is 2.99. The van der Waals surface area contributed by atoms with Crippen LogP contribution in [0.15, 0.2) is 66.7 Å². The Hall–Kier alpha value is -3.06. The zero-order valence-corrected chi connectivity index (χ0v) is 15.1. The van der Waals surface area contributed by atoms with Crippen LogP contribution in [0.5, 0.6) is 0 Å². The average molecular weight is 388 g/mol. The topological polar surface area (TPSA) is 68.1 Å². The fraction of sp³-hybridized carbons (Fsp3) is 0.190. The first-order valence-electron chi connectivity index (χ1n) is 8.66. The van der Waals surface area contributed by atoms with Crippen molar-refractivity contribution in [1.29, 1.82) is 0 Å². The summed E-state index contributed by atoms with van der Waals surface area (Å²) in [5.74, 6) is -1.55. The Kier molecular flexibility index (Phi) is 5.29. The molecule has 3 rings (SSSR count). The summed E-state index contributed by atoms with van der Waals surface area (Å²) in [7, 11) is 0. The van der Waals surface area contributed by atoms with Crippen molar-refractivity contribution in [2.75, 3.05) is 6.61 Å². The van der Waals surface area contributed by atoms with Crippen molar-refractivity contribution in [1.82, 2.24) is 4.98 Å². The first-order chi connectivity index (χ1) is 13.3. The molecule has 0 aliphatic heterocycles. The highest BCUT2D eigenvalue weighted by molar-refractivity contribution is 5.88. The molecule has 3 aromatic rings. The summed E-state index contributed by atoms with van der Waals surface area (Å²) in [6.07, 6.45) is -5.07. The van der Waals surface area contributed by atoms with E-state index in [0.717, 1.165) is 0 Å². The second kappa shape index (κ2) is 7.52. The average Bonchev–Trinajstić information content (AvgIpc) is 3.14. The minimum atomic E-state index is -5.07. The largest absolute Gasteiger partial charge is 0.464 e. The van der Waals surface area contributed by atoms with Gasteiger partial charge in [0, 0.05) is 11.3 Å². The van der Waals surface area contributed by atoms with Gasteiger partial charge in [-0.25, -0.2) is 4.79 Å². The number of carbonyl (C=O) groups is 1. The number of nitrogens with two attached hydrogens (primary N) is 1. The monoisotopic (exact) mass is 388 g/mol. The highest BCUT2D eigenvalue weighted by Crippen LogP contribution is 2.43. The van der Waals surface area contributed by atoms with Crippen LogP contribution in [0, 0.1) is 0 Å². The molecule has 0 fully saturated rings. The van der Waals surface area contributed by atoms with Crippen molar-refractivity contribution >= 4 is 5.97 Å². The standard InChI is InChI=1S/C21H19F3N2O2/c1-2-28-19(27)20(25,21(22,23)24)18-16(14-9-5-3-6-10-14)13-17(26-18)15-11-7-4-8-12-15/h3-13,26H,2,25H2,1H3/t20-/m1/s1. The highest BCUT2D eigenvalue weighted by atomic mass is 19.4. The number of aromatic amines is 1. The third kappa shape index (κ3) is 3.41. The van der Waals surface area contributed by atoms with Crippen molar-refractivity contribution in [3.8, 4) is 22.4 Å². The molecular weight excluding hydrogens is 369 g/mol. The lowest BCUT2D eigenvalue weighted by atomic mass is 9.90. The number of H-pyrrole nitrogens is 1. The van der Waals surface area contributed by atoms with E-state index in [4.69, 9.17) is 5.73 Å². The number of esters is 1. The molecule has 1 aromatic heterocycles. The Morgan fingerprint density at radius 3 is 2.04 bits per heavy atom. The Bertz CT molecular complexity index is 953. The van der Waals surface area contributed by atoms with Crippen molar-refractivity contribution in [3.63, 3.8) is 0 Å². The van der Waals surface area contributed by atoms with E-state index in [9.17, 15) is 18.0 Å². The van der Waals surface area contributed by atoms with Gasteiger partial charge in [0.15, 0.2) is 0 Å². The van der Waals surface area contributed by atoms with Gasteiger partial charge in [-0.2, -0.15) is 13.2 Å². The molecule has 0 bridgehead atoms. The molecule has 28 heavy (non-hydrogen) atoms. The number of hydrogen-bond donors (Lipinski definition) is 2. The quantitative estimate of drug-likeness (QED) is 0.627. The molecule has 146 valence electrons. The van der Waals surface area contributed by atoms with Crippen LogP contribution in [0.4, 0.5) is 13.2 Å². The van der Waals surface area contributed by atoms with E-state index in [1.54, 1.807) is 66.7 Å². The van der Waals surface area contributed by atoms with Gasteiger partial charge in [-0.1, -0.05) is 60.7 Å². The molecule has 0 spiro atoms. The van der Waals surface area contributed by atoms with Crippen LogP contribution in [0.3, 0.4) is 0 Å². The molecule has 0 radical (unpaired) electrons. The molecule has 0 saturated carbocycles. The molecule has 7 heteroatoms. The number of hydrogen-bond acceptors (Lipinski definition) is 3. The van der Waals surface area contributed by atoms with E-state index < -0.39 is 23.4 Å². The van der Waals surface area contributed by atoms with Gasteiger partial charge < -0.3 is 15.5 Å². The van der Waals surface area contributed by atoms with Gasteiger partial charge in [0.2, 0.25) is 0 Å². The predicted octanol–water partition coefficient (Wildman–Crippen LogP) is 4.63. The molecule has 0 saturated heterocycles. The summed E-state index contributed by atoms with van der Waals surface area (Å²) in [4.78, 5) is 15.1. The van der Waals surface area contributed by atoms with Crippen molar-refractivity contribution < 1.29 is 22.7 Å². The van der Waals surface area contributed by atoms with E-state index in [1.807, 2.05) is 0 Å². The lowest BCUT2D eigenvalue weighted by Gasteiger charge is -2.29. The Morgan fingerprint density at radius 2 is 1.54 bits per heavy atom. The van der Waals surface area contributed by atoms with Gasteiger partial charge in [-0.15, -0.1) is 0 Å². The maximum Gasteiger partial charge on any atom is 0.423 e. The molecule has 0 aliphatic rings. The Morgan fingerprint density at radius 1 is 1.00 bits per heavy atom. The summed E-state index contributed by atoms with van der Waals surface area (Å²) in [5.41, 5.74) is 3.70. The zero-order valence-electron chi connectivity index (χ0n) is 15.1. The molecule has 1 atom stereocenters. The van der Waals surface area contributed by atoms with E-state index in [0.29, 0.717) is 16.8 Å². The van der Waals surface area contributed by atoms with Crippen molar-refractivity contribution in [2.24, 2.45) is 5.73 Å². The minimum absolute atomic E-state index is 0.187. The molecule has 2 aromatic carbocycles. The summed E-state index contributed by atoms with van der Waals surface area (Å²) >= 11 is 0. The van der Waals surface area contributed by atoms with Crippen molar-refractivity contribution in [2.45, 2.75) is 18.6 Å². The smallest absolute Gasteiger partial charge is 0.423 e. The number of alkyl halides is 3. The lowest BCUT2D eigenvalue weighted by Crippen LogP contribution is -2.57. The second-order valence-corrected chi connectivity index (χ2v) is 6.23. The number of rotatable bonds is 5. The molecule has 0 amide bonds. The van der Waals surface area contributed by atoms with Crippen LogP contribution >= 0.6 is 0 Å². The van der Waals surface area contributed by atoms with Gasteiger partial charge in [0.05, 0.1) is 12.3 Å². The van der Waals surface area contributed by atoms with Crippen molar-refractivity contribution in [3.05, 3.63) is 72.4 Å². The number of ether oxygens (including phenoxy) is 1. The second-order valence-electron chi connectivity index (χ2n) is 6.23. The Labute approximate surface area is 160 Å². The molecule has 0 aliphatic carbocycles. The normalized spacial score (nSPS) is 13.8. The SMILES string of the molecule is CCOC(=O)[C@](N)(c1[nH]c(-c2ccccc2)cc1-c1ccccc1)C(F)(F)F. The van der Waals surface area contributed by atoms with Gasteiger partial charge in [-0.05, 0) is 24.1 Å². The summed E-state index contributed by atoms with van der Waals surface area (Å²) in [6.45, 7) is 1.21. The van der Waals surface area contributed by atoms with Gasteiger partial charge in [0.25, 0.3) is 5.54 Å². The predicted molar refractivity (Wildman–Crippen MR) is 100 cm³/mol. The number of halogens is 3. The first-order valence-corrected chi connectivity index (χ1v) is 8.66. The van der Waals surface area contributed by atoms with E-state index in [1.165, 1.54) is 6.92 Å². The van der Waals surface area contributed by atoms with Crippen LogP contribution in [-0.4, -0.2) is 23.7 Å². The van der Waals surface area contributed by atoms with E-state index in [-0.39, 0.29) is 12.2 Å². The van der Waals surface area contributed by atoms with Crippen LogP contribution in [0.2, 0.25) is 0 Å². The molecule has 3 N–H and O–H groups in total. The number of nitrogens with one attached hydrogen (secondary N) is 1. The first kappa shape index (κ1) is 19.7. The minimum Gasteiger partial charge on any atom is -0.464 e. The molecule has 1 heterocycles. The number of benzene rings is 2. The summed E-state index contributed by atoms with van der Waals surface area (Å²) in [5, 5.41) is 0.